The molecule has 0 spiro atoms. The van der Waals surface area contributed by atoms with Crippen molar-refractivity contribution in [3.05, 3.63) is 0 Å². The average Bonchev–Trinajstić information content (AvgIpc) is 2.45. The Morgan fingerprint density at radius 1 is 1.50 bits per heavy atom. The van der Waals surface area contributed by atoms with Crippen molar-refractivity contribution >= 4 is 5.96 Å². The van der Waals surface area contributed by atoms with Gasteiger partial charge in [-0.25, -0.2) is 0 Å². The molecule has 12 heavy (non-hydrogen) atoms. The summed E-state index contributed by atoms with van der Waals surface area (Å²) >= 11 is 0. The van der Waals surface area contributed by atoms with E-state index < -0.39 is 0 Å². The Kier molecular flexibility index (Phi) is 3.91. The van der Waals surface area contributed by atoms with Crippen LogP contribution in [-0.2, 0) is 0 Å². The minimum absolute atomic E-state index is 0.516. The van der Waals surface area contributed by atoms with E-state index >= 15 is 0 Å². The molecule has 0 saturated heterocycles. The molecule has 3 nitrogen and oxygen atoms in total. The van der Waals surface area contributed by atoms with E-state index in [0.717, 1.165) is 6.54 Å². The zero-order valence-corrected chi connectivity index (χ0v) is 7.84. The molecule has 3 N–H and O–H groups in total. The molecule has 0 amide bonds. The van der Waals surface area contributed by atoms with E-state index in [2.05, 4.69) is 17.2 Å². The first-order valence-corrected chi connectivity index (χ1v) is 4.89. The number of unbranched alkanes of at least 4 members (excludes halogenated alkanes) is 3. The van der Waals surface area contributed by atoms with Crippen molar-refractivity contribution in [1.82, 2.24) is 5.32 Å². The molecule has 1 aliphatic heterocycles. The number of rotatable bonds is 5. The Morgan fingerprint density at radius 3 is 2.92 bits per heavy atom. The van der Waals surface area contributed by atoms with Crippen LogP contribution in [0.2, 0.25) is 0 Å². The number of nitrogens with zero attached hydrogens (tertiary/aromatic N) is 1. The zero-order valence-electron chi connectivity index (χ0n) is 7.84. The smallest absolute Gasteiger partial charge is 0.188 e. The highest BCUT2D eigenvalue weighted by Gasteiger charge is 2.13. The first-order chi connectivity index (χ1) is 5.83. The Bertz CT molecular complexity index is 154. The van der Waals surface area contributed by atoms with E-state index in [1.807, 2.05) is 0 Å². The van der Waals surface area contributed by atoms with E-state index in [0.29, 0.717) is 12.0 Å². The summed E-state index contributed by atoms with van der Waals surface area (Å²) in [6.07, 6.45) is 6.51. The average molecular weight is 169 g/mol. The lowest BCUT2D eigenvalue weighted by Gasteiger charge is -2.09. The minimum atomic E-state index is 0.516. The molecule has 70 valence electrons. The number of aliphatic imine (C=N–C) groups is 1. The molecule has 3 heteroatoms. The molecule has 0 saturated carbocycles. The highest BCUT2D eigenvalue weighted by atomic mass is 15.2. The Hall–Kier alpha value is -0.730. The van der Waals surface area contributed by atoms with Crippen molar-refractivity contribution in [2.24, 2.45) is 10.7 Å². The van der Waals surface area contributed by atoms with E-state index in [1.165, 1.54) is 32.1 Å². The SMILES string of the molecule is CCCCCC[C@@H]1CN=C(N)N1. The summed E-state index contributed by atoms with van der Waals surface area (Å²) in [6.45, 7) is 3.10. The van der Waals surface area contributed by atoms with Crippen molar-refractivity contribution < 1.29 is 0 Å². The summed E-state index contributed by atoms with van der Waals surface area (Å²) in [5, 5.41) is 3.16. The van der Waals surface area contributed by atoms with Gasteiger partial charge in [0.2, 0.25) is 0 Å². The van der Waals surface area contributed by atoms with Crippen LogP contribution in [0.5, 0.6) is 0 Å². The molecule has 0 aliphatic carbocycles. The number of nitrogens with one attached hydrogen (secondary N) is 1. The van der Waals surface area contributed by atoms with Crippen molar-refractivity contribution in [2.75, 3.05) is 6.54 Å². The second-order valence-electron chi connectivity index (χ2n) is 3.42. The molecule has 1 atom stereocenters. The third kappa shape index (κ3) is 3.11. The van der Waals surface area contributed by atoms with Crippen molar-refractivity contribution in [3.8, 4) is 0 Å². The van der Waals surface area contributed by atoms with E-state index in [-0.39, 0.29) is 0 Å². The molecule has 1 rings (SSSR count). The lowest BCUT2D eigenvalue weighted by atomic mass is 10.1. The summed E-state index contributed by atoms with van der Waals surface area (Å²) < 4.78 is 0. The topological polar surface area (TPSA) is 50.4 Å². The molecule has 0 radical (unpaired) electrons. The predicted octanol–water partition coefficient (Wildman–Crippen LogP) is 1.24. The van der Waals surface area contributed by atoms with Crippen LogP contribution < -0.4 is 11.1 Å². The minimum Gasteiger partial charge on any atom is -0.370 e. The van der Waals surface area contributed by atoms with Crippen LogP contribution in [0.3, 0.4) is 0 Å². The van der Waals surface area contributed by atoms with Crippen LogP contribution in [0.25, 0.3) is 0 Å². The normalized spacial score (nSPS) is 22.1. The number of nitrogens with two attached hydrogens (primary N) is 1. The summed E-state index contributed by atoms with van der Waals surface area (Å²) in [5.41, 5.74) is 5.49. The Morgan fingerprint density at radius 2 is 2.33 bits per heavy atom. The van der Waals surface area contributed by atoms with Crippen LogP contribution >= 0.6 is 0 Å². The van der Waals surface area contributed by atoms with E-state index in [4.69, 9.17) is 5.73 Å². The quantitative estimate of drug-likeness (QED) is 0.608. The predicted molar refractivity (Wildman–Crippen MR) is 52.2 cm³/mol. The van der Waals surface area contributed by atoms with Gasteiger partial charge in [0.25, 0.3) is 0 Å². The molecule has 0 aromatic heterocycles. The fraction of sp³-hybridized carbons (Fsp3) is 0.889. The third-order valence-electron chi connectivity index (χ3n) is 2.24. The maximum absolute atomic E-state index is 5.49. The van der Waals surface area contributed by atoms with E-state index in [1.54, 1.807) is 0 Å². The third-order valence-corrected chi connectivity index (χ3v) is 2.24. The first-order valence-electron chi connectivity index (χ1n) is 4.89. The largest absolute Gasteiger partial charge is 0.370 e. The van der Waals surface area contributed by atoms with Gasteiger partial charge in [0.1, 0.15) is 0 Å². The van der Waals surface area contributed by atoms with Crippen LogP contribution in [-0.4, -0.2) is 18.5 Å². The van der Waals surface area contributed by atoms with Crippen LogP contribution in [0.15, 0.2) is 4.99 Å². The number of hydrogen-bond acceptors (Lipinski definition) is 3. The molecule has 1 aliphatic rings. The number of guanidine groups is 1. The molecule has 0 unspecified atom stereocenters. The molecule has 0 aromatic rings. The molecule has 0 aromatic carbocycles. The molecule has 0 fully saturated rings. The molecule has 1 heterocycles. The first kappa shape index (κ1) is 9.36. The second-order valence-corrected chi connectivity index (χ2v) is 3.42. The van der Waals surface area contributed by atoms with Gasteiger partial charge in [-0.3, -0.25) is 4.99 Å². The second kappa shape index (κ2) is 5.01. The van der Waals surface area contributed by atoms with Crippen molar-refractivity contribution in [1.29, 1.82) is 0 Å². The van der Waals surface area contributed by atoms with Crippen molar-refractivity contribution in [3.63, 3.8) is 0 Å². The van der Waals surface area contributed by atoms with Gasteiger partial charge in [0.05, 0.1) is 6.54 Å². The fourth-order valence-electron chi connectivity index (χ4n) is 1.49. The maximum Gasteiger partial charge on any atom is 0.188 e. The fourth-order valence-corrected chi connectivity index (χ4v) is 1.49. The molecular weight excluding hydrogens is 150 g/mol. The summed E-state index contributed by atoms with van der Waals surface area (Å²) in [4.78, 5) is 4.10. The lowest BCUT2D eigenvalue weighted by molar-refractivity contribution is 0.540. The van der Waals surface area contributed by atoms with Gasteiger partial charge < -0.3 is 11.1 Å². The highest BCUT2D eigenvalue weighted by molar-refractivity contribution is 5.79. The lowest BCUT2D eigenvalue weighted by Crippen LogP contribution is -2.34. The Balaban J connectivity index is 1.95. The zero-order chi connectivity index (χ0) is 8.81. The van der Waals surface area contributed by atoms with Gasteiger partial charge >= 0.3 is 0 Å². The highest BCUT2D eigenvalue weighted by Crippen LogP contribution is 2.07. The summed E-state index contributed by atoms with van der Waals surface area (Å²) in [7, 11) is 0. The van der Waals surface area contributed by atoms with Gasteiger partial charge in [-0.15, -0.1) is 0 Å². The monoisotopic (exact) mass is 169 g/mol. The standard InChI is InChI=1S/C9H19N3/c1-2-3-4-5-6-8-7-11-9(10)12-8/h8H,2-7H2,1H3,(H3,10,11,12)/t8-/m1/s1. The van der Waals surface area contributed by atoms with E-state index in [9.17, 15) is 0 Å². The van der Waals surface area contributed by atoms with Crippen molar-refractivity contribution in [2.45, 2.75) is 45.1 Å². The maximum atomic E-state index is 5.49. The van der Waals surface area contributed by atoms with Gasteiger partial charge in [0, 0.05) is 6.04 Å². The Labute approximate surface area is 74.4 Å². The van der Waals surface area contributed by atoms with Gasteiger partial charge in [-0.2, -0.15) is 0 Å². The molecular formula is C9H19N3. The van der Waals surface area contributed by atoms with Crippen LogP contribution in [0.4, 0.5) is 0 Å². The summed E-state index contributed by atoms with van der Waals surface area (Å²) in [5.74, 6) is 0.621. The van der Waals surface area contributed by atoms with Crippen LogP contribution in [0.1, 0.15) is 39.0 Å². The van der Waals surface area contributed by atoms with Crippen LogP contribution in [0, 0.1) is 0 Å². The number of hydrogen-bond donors (Lipinski definition) is 2. The van der Waals surface area contributed by atoms with Gasteiger partial charge in [0.15, 0.2) is 5.96 Å². The van der Waals surface area contributed by atoms with Gasteiger partial charge in [-0.1, -0.05) is 32.6 Å². The van der Waals surface area contributed by atoms with Gasteiger partial charge in [-0.05, 0) is 6.42 Å². The molecule has 0 bridgehead atoms. The summed E-state index contributed by atoms with van der Waals surface area (Å²) in [6, 6.07) is 0.516.